The first kappa shape index (κ1) is 10.8. The smallest absolute Gasteiger partial charge is 0.406 e. The normalized spacial score (nSPS) is 19.6. The molecule has 0 spiro atoms. The molecule has 6 heteroatoms. The summed E-state index contributed by atoms with van der Waals surface area (Å²) >= 11 is 0. The van der Waals surface area contributed by atoms with E-state index in [9.17, 15) is 13.2 Å². The van der Waals surface area contributed by atoms with E-state index < -0.39 is 6.36 Å². The maximum absolute atomic E-state index is 11.9. The lowest BCUT2D eigenvalue weighted by atomic mass is 10.1. The van der Waals surface area contributed by atoms with Gasteiger partial charge in [-0.15, -0.1) is 13.2 Å². The van der Waals surface area contributed by atoms with Crippen LogP contribution in [0.5, 0.6) is 5.75 Å². The summed E-state index contributed by atoms with van der Waals surface area (Å²) < 4.78 is 39.4. The zero-order valence-electron chi connectivity index (χ0n) is 8.07. The topological polar surface area (TPSA) is 30.8 Å². The van der Waals surface area contributed by atoms with Gasteiger partial charge < -0.3 is 9.57 Å². The Bertz CT molecular complexity index is 378. The maximum atomic E-state index is 11.9. The molecule has 1 unspecified atom stereocenters. The van der Waals surface area contributed by atoms with E-state index in [-0.39, 0.29) is 11.9 Å². The Balaban J connectivity index is 2.04. The molecule has 16 heavy (non-hydrogen) atoms. The van der Waals surface area contributed by atoms with Gasteiger partial charge in [-0.1, -0.05) is 17.3 Å². The van der Waals surface area contributed by atoms with Gasteiger partial charge >= 0.3 is 6.36 Å². The summed E-state index contributed by atoms with van der Waals surface area (Å²) in [6, 6.07) is 5.57. The molecule has 1 atom stereocenters. The maximum Gasteiger partial charge on any atom is 0.573 e. The number of hydrogen-bond acceptors (Lipinski definition) is 3. The van der Waals surface area contributed by atoms with E-state index in [0.717, 1.165) is 5.56 Å². The number of hydrogen-bond donors (Lipinski definition) is 0. The van der Waals surface area contributed by atoms with Crippen molar-refractivity contribution >= 4 is 6.21 Å². The number of alkyl halides is 3. The molecule has 0 radical (unpaired) electrons. The molecule has 1 aromatic rings. The lowest BCUT2D eigenvalue weighted by Gasteiger charge is -2.11. The third kappa shape index (κ3) is 2.65. The zero-order valence-corrected chi connectivity index (χ0v) is 8.07. The first-order chi connectivity index (χ1) is 7.54. The Morgan fingerprint density at radius 1 is 1.25 bits per heavy atom. The van der Waals surface area contributed by atoms with Gasteiger partial charge in [0.15, 0.2) is 6.10 Å². The third-order valence-electron chi connectivity index (χ3n) is 2.07. The summed E-state index contributed by atoms with van der Waals surface area (Å²) in [6.45, 7) is 0. The summed E-state index contributed by atoms with van der Waals surface area (Å²) in [5.41, 5.74) is 0.770. The highest BCUT2D eigenvalue weighted by Crippen LogP contribution is 2.28. The SMILES string of the molecule is FC(F)(F)Oc1ccc(C2CC=NO2)cc1. The minimum absolute atomic E-state index is 0.208. The molecule has 0 amide bonds. The van der Waals surface area contributed by atoms with Crippen molar-refractivity contribution in [3.8, 4) is 5.75 Å². The molecule has 2 rings (SSSR count). The van der Waals surface area contributed by atoms with Gasteiger partial charge in [-0.25, -0.2) is 0 Å². The van der Waals surface area contributed by atoms with Crippen LogP contribution < -0.4 is 4.74 Å². The van der Waals surface area contributed by atoms with E-state index in [1.165, 1.54) is 24.3 Å². The van der Waals surface area contributed by atoms with Gasteiger partial charge in [0, 0.05) is 12.6 Å². The van der Waals surface area contributed by atoms with Crippen LogP contribution in [-0.4, -0.2) is 12.6 Å². The Labute approximate surface area is 89.5 Å². The van der Waals surface area contributed by atoms with Gasteiger partial charge in [0.25, 0.3) is 0 Å². The van der Waals surface area contributed by atoms with Gasteiger partial charge in [0.05, 0.1) is 0 Å². The highest BCUT2D eigenvalue weighted by atomic mass is 19.4. The molecule has 86 valence electrons. The van der Waals surface area contributed by atoms with Crippen LogP contribution in [0.15, 0.2) is 29.4 Å². The molecule has 0 fully saturated rings. The standard InChI is InChI=1S/C10H8F3NO2/c11-10(12,13)15-8-3-1-7(2-4-8)9-5-6-14-16-9/h1-4,6,9H,5H2. The van der Waals surface area contributed by atoms with Gasteiger partial charge in [-0.2, -0.15) is 0 Å². The predicted molar refractivity (Wildman–Crippen MR) is 50.1 cm³/mol. The fourth-order valence-corrected chi connectivity index (χ4v) is 1.38. The highest BCUT2D eigenvalue weighted by molar-refractivity contribution is 5.59. The number of rotatable bonds is 2. The summed E-state index contributed by atoms with van der Waals surface area (Å²) in [5, 5.41) is 3.59. The van der Waals surface area contributed by atoms with Crippen LogP contribution in [0.4, 0.5) is 13.2 Å². The van der Waals surface area contributed by atoms with Crippen LogP contribution in [0, 0.1) is 0 Å². The molecular weight excluding hydrogens is 223 g/mol. The van der Waals surface area contributed by atoms with Crippen molar-refractivity contribution in [1.82, 2.24) is 0 Å². The number of benzene rings is 1. The molecule has 0 N–H and O–H groups in total. The van der Waals surface area contributed by atoms with Crippen molar-refractivity contribution in [3.05, 3.63) is 29.8 Å². The lowest BCUT2D eigenvalue weighted by Crippen LogP contribution is -2.17. The van der Waals surface area contributed by atoms with Crippen molar-refractivity contribution in [1.29, 1.82) is 0 Å². The van der Waals surface area contributed by atoms with Crippen molar-refractivity contribution in [2.45, 2.75) is 18.9 Å². The monoisotopic (exact) mass is 231 g/mol. The van der Waals surface area contributed by atoms with Crippen LogP contribution >= 0.6 is 0 Å². The van der Waals surface area contributed by atoms with Gasteiger partial charge in [-0.05, 0) is 17.7 Å². The molecule has 0 aromatic heterocycles. The predicted octanol–water partition coefficient (Wildman–Crippen LogP) is 3.03. The van der Waals surface area contributed by atoms with Crippen LogP contribution in [0.1, 0.15) is 18.1 Å². The molecule has 0 saturated heterocycles. The van der Waals surface area contributed by atoms with Gasteiger partial charge in [0.2, 0.25) is 0 Å². The Morgan fingerprint density at radius 2 is 1.94 bits per heavy atom. The van der Waals surface area contributed by atoms with Gasteiger partial charge in [0.1, 0.15) is 5.75 Å². The van der Waals surface area contributed by atoms with Crippen LogP contribution in [-0.2, 0) is 4.84 Å². The minimum atomic E-state index is -4.66. The first-order valence-electron chi connectivity index (χ1n) is 4.58. The molecule has 1 heterocycles. The third-order valence-corrected chi connectivity index (χ3v) is 2.07. The zero-order chi connectivity index (χ0) is 11.6. The molecule has 3 nitrogen and oxygen atoms in total. The van der Waals surface area contributed by atoms with Crippen molar-refractivity contribution in [3.63, 3.8) is 0 Å². The second-order valence-electron chi connectivity index (χ2n) is 3.23. The van der Waals surface area contributed by atoms with E-state index in [2.05, 4.69) is 9.89 Å². The van der Waals surface area contributed by atoms with Crippen LogP contribution in [0.25, 0.3) is 0 Å². The van der Waals surface area contributed by atoms with Crippen molar-refractivity contribution in [2.75, 3.05) is 0 Å². The first-order valence-corrected chi connectivity index (χ1v) is 4.58. The van der Waals surface area contributed by atoms with E-state index >= 15 is 0 Å². The number of nitrogens with zero attached hydrogens (tertiary/aromatic N) is 1. The largest absolute Gasteiger partial charge is 0.573 e. The molecule has 1 aliphatic rings. The quantitative estimate of drug-likeness (QED) is 0.783. The summed E-state index contributed by atoms with van der Waals surface area (Å²) in [7, 11) is 0. The Kier molecular flexibility index (Phi) is 2.72. The number of oxime groups is 1. The molecule has 1 aromatic carbocycles. The minimum Gasteiger partial charge on any atom is -0.406 e. The van der Waals surface area contributed by atoms with Crippen LogP contribution in [0.2, 0.25) is 0 Å². The van der Waals surface area contributed by atoms with E-state index in [1.54, 1.807) is 6.21 Å². The summed E-state index contributed by atoms with van der Waals surface area (Å²) in [6.07, 6.45) is -2.63. The Hall–Kier alpha value is -1.72. The fraction of sp³-hybridized carbons (Fsp3) is 0.300. The molecular formula is C10H8F3NO2. The molecule has 1 aliphatic heterocycles. The number of halogens is 3. The molecule has 0 aliphatic carbocycles. The van der Waals surface area contributed by atoms with Crippen molar-refractivity contribution in [2.24, 2.45) is 5.16 Å². The number of ether oxygens (including phenoxy) is 1. The Morgan fingerprint density at radius 3 is 2.44 bits per heavy atom. The lowest BCUT2D eigenvalue weighted by molar-refractivity contribution is -0.274. The summed E-state index contributed by atoms with van der Waals surface area (Å²) in [5.74, 6) is -0.241. The van der Waals surface area contributed by atoms with Crippen LogP contribution in [0.3, 0.4) is 0 Å². The van der Waals surface area contributed by atoms with E-state index in [0.29, 0.717) is 6.42 Å². The van der Waals surface area contributed by atoms with Crippen molar-refractivity contribution < 1.29 is 22.7 Å². The fourth-order valence-electron chi connectivity index (χ4n) is 1.38. The second kappa shape index (κ2) is 4.03. The molecule has 0 saturated carbocycles. The van der Waals surface area contributed by atoms with E-state index in [4.69, 9.17) is 4.84 Å². The summed E-state index contributed by atoms with van der Waals surface area (Å²) in [4.78, 5) is 4.99. The highest BCUT2D eigenvalue weighted by Gasteiger charge is 2.31. The average Bonchev–Trinajstić information content (AvgIpc) is 2.69. The van der Waals surface area contributed by atoms with Gasteiger partial charge in [-0.3, -0.25) is 0 Å². The van der Waals surface area contributed by atoms with E-state index in [1.807, 2.05) is 0 Å². The molecule has 0 bridgehead atoms. The second-order valence-corrected chi connectivity index (χ2v) is 3.23. The average molecular weight is 231 g/mol.